The van der Waals surface area contributed by atoms with Crippen LogP contribution in [0.3, 0.4) is 0 Å². The fraction of sp³-hybridized carbons (Fsp3) is 0.455. The molecular formula is C11H15NO. The predicted molar refractivity (Wildman–Crippen MR) is 52.7 cm³/mol. The molecule has 2 rings (SSSR count). The number of rotatable bonds is 2. The van der Waals surface area contributed by atoms with Crippen LogP contribution in [-0.2, 0) is 10.3 Å². The van der Waals surface area contributed by atoms with Gasteiger partial charge in [-0.3, -0.25) is 0 Å². The van der Waals surface area contributed by atoms with Gasteiger partial charge in [-0.25, -0.2) is 0 Å². The topological polar surface area (TPSA) is 21.3 Å². The smallest absolute Gasteiger partial charge is 0.117 e. The van der Waals surface area contributed by atoms with Crippen molar-refractivity contribution >= 4 is 0 Å². The number of benzene rings is 1. The number of hydrogen-bond acceptors (Lipinski definition) is 2. The number of hydrogen-bond donors (Lipinski definition) is 1. The molecule has 2 nitrogen and oxygen atoms in total. The van der Waals surface area contributed by atoms with E-state index < -0.39 is 0 Å². The third-order valence-corrected chi connectivity index (χ3v) is 2.79. The molecule has 13 heavy (non-hydrogen) atoms. The fourth-order valence-corrected chi connectivity index (χ4v) is 1.68. The van der Waals surface area contributed by atoms with Gasteiger partial charge in [0.25, 0.3) is 0 Å². The van der Waals surface area contributed by atoms with E-state index in [0.29, 0.717) is 0 Å². The van der Waals surface area contributed by atoms with Gasteiger partial charge in [0.1, 0.15) is 5.60 Å². The lowest BCUT2D eigenvalue weighted by Gasteiger charge is -2.41. The molecule has 1 fully saturated rings. The maximum atomic E-state index is 5.54. The summed E-state index contributed by atoms with van der Waals surface area (Å²) >= 11 is 0. The van der Waals surface area contributed by atoms with Crippen molar-refractivity contribution in [2.45, 2.75) is 12.5 Å². The van der Waals surface area contributed by atoms with Gasteiger partial charge in [0.05, 0.1) is 0 Å². The van der Waals surface area contributed by atoms with Crippen LogP contribution in [0.15, 0.2) is 24.3 Å². The Balaban J connectivity index is 2.28. The molecule has 0 amide bonds. The molecule has 0 aromatic heterocycles. The Kier molecular flexibility index (Phi) is 2.10. The SMILES string of the molecule is COC1(c2ccc(C)cc2)CNC1. The molecule has 0 aliphatic carbocycles. The second-order valence-corrected chi connectivity index (χ2v) is 3.67. The summed E-state index contributed by atoms with van der Waals surface area (Å²) in [5.74, 6) is 0. The molecule has 1 aliphatic heterocycles. The van der Waals surface area contributed by atoms with E-state index in [4.69, 9.17) is 4.74 Å². The van der Waals surface area contributed by atoms with E-state index in [1.807, 2.05) is 0 Å². The van der Waals surface area contributed by atoms with Gasteiger partial charge in [-0.15, -0.1) is 0 Å². The Morgan fingerprint density at radius 2 is 1.85 bits per heavy atom. The molecule has 2 heteroatoms. The third kappa shape index (κ3) is 1.36. The monoisotopic (exact) mass is 177 g/mol. The van der Waals surface area contributed by atoms with E-state index in [1.54, 1.807) is 7.11 Å². The van der Waals surface area contributed by atoms with Crippen LogP contribution in [0.4, 0.5) is 0 Å². The Morgan fingerprint density at radius 1 is 1.23 bits per heavy atom. The number of methoxy groups -OCH3 is 1. The molecule has 1 aliphatic rings. The van der Waals surface area contributed by atoms with Crippen LogP contribution in [0.5, 0.6) is 0 Å². The highest BCUT2D eigenvalue weighted by Gasteiger charge is 2.38. The van der Waals surface area contributed by atoms with Gasteiger partial charge in [0.15, 0.2) is 0 Å². The Morgan fingerprint density at radius 3 is 2.23 bits per heavy atom. The van der Waals surface area contributed by atoms with Crippen LogP contribution in [0.1, 0.15) is 11.1 Å². The molecule has 1 aromatic carbocycles. The van der Waals surface area contributed by atoms with E-state index in [0.717, 1.165) is 13.1 Å². The quantitative estimate of drug-likeness (QED) is 0.738. The molecule has 1 N–H and O–H groups in total. The van der Waals surface area contributed by atoms with E-state index in [1.165, 1.54) is 11.1 Å². The van der Waals surface area contributed by atoms with Crippen LogP contribution in [0.25, 0.3) is 0 Å². The summed E-state index contributed by atoms with van der Waals surface area (Å²) in [5, 5.41) is 3.24. The maximum Gasteiger partial charge on any atom is 0.117 e. The first kappa shape index (κ1) is 8.73. The minimum atomic E-state index is -0.0618. The highest BCUT2D eigenvalue weighted by Crippen LogP contribution is 2.29. The predicted octanol–water partition coefficient (Wildman–Crippen LogP) is 1.44. The first-order valence-corrected chi connectivity index (χ1v) is 4.60. The van der Waals surface area contributed by atoms with Crippen molar-refractivity contribution in [1.82, 2.24) is 5.32 Å². The largest absolute Gasteiger partial charge is 0.371 e. The van der Waals surface area contributed by atoms with Crippen molar-refractivity contribution in [2.24, 2.45) is 0 Å². The fourth-order valence-electron chi connectivity index (χ4n) is 1.68. The zero-order chi connectivity index (χ0) is 9.31. The van der Waals surface area contributed by atoms with Crippen molar-refractivity contribution < 1.29 is 4.74 Å². The van der Waals surface area contributed by atoms with Gasteiger partial charge in [-0.1, -0.05) is 29.8 Å². The summed E-state index contributed by atoms with van der Waals surface area (Å²) in [6, 6.07) is 8.57. The van der Waals surface area contributed by atoms with Gasteiger partial charge >= 0.3 is 0 Å². The lowest BCUT2D eigenvalue weighted by molar-refractivity contribution is -0.0565. The minimum absolute atomic E-state index is 0.0618. The first-order valence-electron chi connectivity index (χ1n) is 4.60. The average molecular weight is 177 g/mol. The van der Waals surface area contributed by atoms with E-state index in [2.05, 4.69) is 36.5 Å². The van der Waals surface area contributed by atoms with Crippen molar-refractivity contribution in [2.75, 3.05) is 20.2 Å². The van der Waals surface area contributed by atoms with E-state index in [9.17, 15) is 0 Å². The van der Waals surface area contributed by atoms with Crippen LogP contribution < -0.4 is 5.32 Å². The molecule has 0 saturated carbocycles. The summed E-state index contributed by atoms with van der Waals surface area (Å²) in [6.07, 6.45) is 0. The average Bonchev–Trinajstić information content (AvgIpc) is 2.07. The molecule has 0 unspecified atom stereocenters. The molecular weight excluding hydrogens is 162 g/mol. The number of aryl methyl sites for hydroxylation is 1. The van der Waals surface area contributed by atoms with E-state index >= 15 is 0 Å². The van der Waals surface area contributed by atoms with Crippen molar-refractivity contribution in [3.63, 3.8) is 0 Å². The van der Waals surface area contributed by atoms with Crippen molar-refractivity contribution in [3.05, 3.63) is 35.4 Å². The van der Waals surface area contributed by atoms with Gasteiger partial charge in [0, 0.05) is 20.2 Å². The van der Waals surface area contributed by atoms with Crippen LogP contribution >= 0.6 is 0 Å². The first-order chi connectivity index (χ1) is 6.27. The molecule has 1 saturated heterocycles. The molecule has 1 aromatic rings. The van der Waals surface area contributed by atoms with Gasteiger partial charge in [0.2, 0.25) is 0 Å². The summed E-state index contributed by atoms with van der Waals surface area (Å²) in [7, 11) is 1.78. The number of nitrogens with one attached hydrogen (secondary N) is 1. The highest BCUT2D eigenvalue weighted by atomic mass is 16.5. The highest BCUT2D eigenvalue weighted by molar-refractivity contribution is 5.29. The van der Waals surface area contributed by atoms with Gasteiger partial charge in [-0.2, -0.15) is 0 Å². The van der Waals surface area contributed by atoms with Crippen LogP contribution in [0.2, 0.25) is 0 Å². The van der Waals surface area contributed by atoms with Crippen LogP contribution in [-0.4, -0.2) is 20.2 Å². The molecule has 0 bridgehead atoms. The molecule has 0 radical (unpaired) electrons. The summed E-state index contributed by atoms with van der Waals surface area (Å²) < 4.78 is 5.54. The standard InChI is InChI=1S/C11H15NO/c1-9-3-5-10(6-4-9)11(13-2)7-12-8-11/h3-6,12H,7-8H2,1-2H3. The second kappa shape index (κ2) is 3.13. The third-order valence-electron chi connectivity index (χ3n) is 2.79. The summed E-state index contributed by atoms with van der Waals surface area (Å²) in [4.78, 5) is 0. The van der Waals surface area contributed by atoms with E-state index in [-0.39, 0.29) is 5.60 Å². The van der Waals surface area contributed by atoms with Crippen LogP contribution in [0, 0.1) is 6.92 Å². The Labute approximate surface area is 78.9 Å². The van der Waals surface area contributed by atoms with Gasteiger partial charge in [-0.05, 0) is 12.5 Å². The second-order valence-electron chi connectivity index (χ2n) is 3.67. The minimum Gasteiger partial charge on any atom is -0.371 e. The number of ether oxygens (including phenoxy) is 1. The Hall–Kier alpha value is -0.860. The van der Waals surface area contributed by atoms with Crippen molar-refractivity contribution in [3.8, 4) is 0 Å². The van der Waals surface area contributed by atoms with Crippen molar-refractivity contribution in [1.29, 1.82) is 0 Å². The zero-order valence-electron chi connectivity index (χ0n) is 8.13. The molecule has 0 atom stereocenters. The normalized spacial score (nSPS) is 19.5. The molecule has 1 heterocycles. The lowest BCUT2D eigenvalue weighted by atomic mass is 9.87. The Bertz CT molecular complexity index is 282. The molecule has 0 spiro atoms. The zero-order valence-corrected chi connectivity index (χ0v) is 8.13. The summed E-state index contributed by atoms with van der Waals surface area (Å²) in [5.41, 5.74) is 2.51. The maximum absolute atomic E-state index is 5.54. The summed E-state index contributed by atoms with van der Waals surface area (Å²) in [6.45, 7) is 3.95. The molecule has 70 valence electrons. The van der Waals surface area contributed by atoms with Gasteiger partial charge < -0.3 is 10.1 Å². The lowest BCUT2D eigenvalue weighted by Crippen LogP contribution is -2.57.